The Bertz CT molecular complexity index is 204. The van der Waals surface area contributed by atoms with E-state index in [1.54, 1.807) is 0 Å². The molecule has 1 heterocycles. The third-order valence-electron chi connectivity index (χ3n) is 1.84. The van der Waals surface area contributed by atoms with E-state index < -0.39 is 0 Å². The van der Waals surface area contributed by atoms with Crippen molar-refractivity contribution >= 4 is 11.9 Å². The monoisotopic (exact) mass is 187 g/mol. The van der Waals surface area contributed by atoms with Crippen LogP contribution in [0.4, 0.5) is 0 Å². The molecule has 0 aliphatic carbocycles. The molecular formula is C8H13NO4. The minimum absolute atomic E-state index is 0.0552. The smallest absolute Gasteiger partial charge is 0.305 e. The number of methoxy groups -OCH3 is 1. The van der Waals surface area contributed by atoms with Gasteiger partial charge in [-0.2, -0.15) is 0 Å². The van der Waals surface area contributed by atoms with Crippen LogP contribution in [0.3, 0.4) is 0 Å². The molecule has 0 saturated carbocycles. The molecule has 0 radical (unpaired) electrons. The molecule has 74 valence electrons. The number of amides is 1. The van der Waals surface area contributed by atoms with Crippen molar-refractivity contribution in [2.75, 3.05) is 20.3 Å². The molecule has 1 fully saturated rings. The Balaban J connectivity index is 2.20. The molecule has 1 rings (SSSR count). The predicted molar refractivity (Wildman–Crippen MR) is 44.0 cm³/mol. The fourth-order valence-electron chi connectivity index (χ4n) is 1.15. The summed E-state index contributed by atoms with van der Waals surface area (Å²) in [5, 5.41) is 2.72. The standard InChI is InChI=1S/C8H13NO4/c1-12-8(11)3-2-6-4-13-5-7(10)9-6/h6H,2-5H2,1H3,(H,9,10). The summed E-state index contributed by atoms with van der Waals surface area (Å²) < 4.78 is 9.47. The van der Waals surface area contributed by atoms with Crippen LogP contribution < -0.4 is 5.32 Å². The maximum Gasteiger partial charge on any atom is 0.305 e. The molecule has 1 atom stereocenters. The molecule has 0 aromatic carbocycles. The average Bonchev–Trinajstić information content (AvgIpc) is 2.14. The van der Waals surface area contributed by atoms with Gasteiger partial charge in [0.05, 0.1) is 19.8 Å². The highest BCUT2D eigenvalue weighted by Gasteiger charge is 2.19. The zero-order chi connectivity index (χ0) is 9.68. The highest BCUT2D eigenvalue weighted by Crippen LogP contribution is 2.03. The quantitative estimate of drug-likeness (QED) is 0.602. The maximum absolute atomic E-state index is 10.8. The van der Waals surface area contributed by atoms with Gasteiger partial charge in [-0.1, -0.05) is 0 Å². The average molecular weight is 187 g/mol. The molecule has 13 heavy (non-hydrogen) atoms. The first kappa shape index (κ1) is 9.98. The molecule has 0 bridgehead atoms. The second kappa shape index (κ2) is 4.81. The van der Waals surface area contributed by atoms with Crippen molar-refractivity contribution in [3.05, 3.63) is 0 Å². The Morgan fingerprint density at radius 2 is 2.54 bits per heavy atom. The van der Waals surface area contributed by atoms with E-state index in [0.717, 1.165) is 0 Å². The van der Waals surface area contributed by atoms with Crippen molar-refractivity contribution in [1.29, 1.82) is 0 Å². The topological polar surface area (TPSA) is 64.6 Å². The largest absolute Gasteiger partial charge is 0.469 e. The Kier molecular flexibility index (Phi) is 3.70. The van der Waals surface area contributed by atoms with Crippen LogP contribution in [0.2, 0.25) is 0 Å². The van der Waals surface area contributed by atoms with Gasteiger partial charge in [-0.3, -0.25) is 9.59 Å². The van der Waals surface area contributed by atoms with Crippen molar-refractivity contribution in [3.8, 4) is 0 Å². The third-order valence-corrected chi connectivity index (χ3v) is 1.84. The van der Waals surface area contributed by atoms with E-state index in [4.69, 9.17) is 4.74 Å². The summed E-state index contributed by atoms with van der Waals surface area (Å²) in [5.74, 6) is -0.388. The van der Waals surface area contributed by atoms with E-state index in [-0.39, 0.29) is 24.5 Å². The fraction of sp³-hybridized carbons (Fsp3) is 0.750. The zero-order valence-corrected chi connectivity index (χ0v) is 7.54. The lowest BCUT2D eigenvalue weighted by molar-refractivity contribution is -0.141. The van der Waals surface area contributed by atoms with E-state index in [1.165, 1.54) is 7.11 Å². The Morgan fingerprint density at radius 1 is 1.77 bits per heavy atom. The summed E-state index contributed by atoms with van der Waals surface area (Å²) in [4.78, 5) is 21.6. The van der Waals surface area contributed by atoms with Gasteiger partial charge in [-0.15, -0.1) is 0 Å². The van der Waals surface area contributed by atoms with Gasteiger partial charge in [0.25, 0.3) is 0 Å². The number of rotatable bonds is 3. The molecule has 1 amide bonds. The minimum Gasteiger partial charge on any atom is -0.469 e. The van der Waals surface area contributed by atoms with Crippen LogP contribution in [0.1, 0.15) is 12.8 Å². The molecule has 0 spiro atoms. The first-order chi connectivity index (χ1) is 6.22. The summed E-state index contributed by atoms with van der Waals surface area (Å²) in [6.45, 7) is 0.595. The van der Waals surface area contributed by atoms with E-state index >= 15 is 0 Å². The van der Waals surface area contributed by atoms with Gasteiger partial charge < -0.3 is 14.8 Å². The van der Waals surface area contributed by atoms with Gasteiger partial charge in [0.1, 0.15) is 6.61 Å². The number of esters is 1. The number of carbonyl (C=O) groups excluding carboxylic acids is 2. The molecule has 1 aliphatic heterocycles. The maximum atomic E-state index is 10.8. The van der Waals surface area contributed by atoms with Crippen LogP contribution >= 0.6 is 0 Å². The lowest BCUT2D eigenvalue weighted by Gasteiger charge is -2.22. The highest BCUT2D eigenvalue weighted by atomic mass is 16.5. The molecule has 1 aliphatic rings. The fourth-order valence-corrected chi connectivity index (χ4v) is 1.15. The SMILES string of the molecule is COC(=O)CCC1COCC(=O)N1. The number of hydrogen-bond acceptors (Lipinski definition) is 4. The van der Waals surface area contributed by atoms with Crippen molar-refractivity contribution in [3.63, 3.8) is 0 Å². The molecule has 5 heteroatoms. The van der Waals surface area contributed by atoms with Crippen LogP contribution in [0, 0.1) is 0 Å². The van der Waals surface area contributed by atoms with Gasteiger partial charge in [0, 0.05) is 6.42 Å². The second-order valence-corrected chi connectivity index (χ2v) is 2.89. The van der Waals surface area contributed by atoms with Crippen LogP contribution in [0.5, 0.6) is 0 Å². The molecule has 0 aromatic rings. The highest BCUT2D eigenvalue weighted by molar-refractivity contribution is 5.78. The number of carbonyl (C=O) groups is 2. The number of hydrogen-bond donors (Lipinski definition) is 1. The minimum atomic E-state index is -0.264. The number of morpholine rings is 1. The lowest BCUT2D eigenvalue weighted by Crippen LogP contribution is -2.45. The van der Waals surface area contributed by atoms with Crippen LogP contribution in [0.25, 0.3) is 0 Å². The summed E-state index contributed by atoms with van der Waals surface area (Å²) in [6.07, 6.45) is 0.878. The normalized spacial score (nSPS) is 22.2. The van der Waals surface area contributed by atoms with Gasteiger partial charge >= 0.3 is 5.97 Å². The van der Waals surface area contributed by atoms with Gasteiger partial charge in [0.15, 0.2) is 0 Å². The van der Waals surface area contributed by atoms with E-state index in [2.05, 4.69) is 10.1 Å². The first-order valence-electron chi connectivity index (χ1n) is 4.16. The lowest BCUT2D eigenvalue weighted by atomic mass is 10.1. The summed E-state index contributed by atoms with van der Waals surface area (Å²) >= 11 is 0. The first-order valence-corrected chi connectivity index (χ1v) is 4.16. The summed E-state index contributed by atoms with van der Waals surface area (Å²) in [7, 11) is 1.35. The molecule has 5 nitrogen and oxygen atoms in total. The van der Waals surface area contributed by atoms with Crippen molar-refractivity contribution in [1.82, 2.24) is 5.32 Å². The molecule has 0 aromatic heterocycles. The molecular weight excluding hydrogens is 174 g/mol. The predicted octanol–water partition coefficient (Wildman–Crippen LogP) is -0.545. The number of nitrogens with one attached hydrogen (secondary N) is 1. The van der Waals surface area contributed by atoms with Crippen LogP contribution in [0.15, 0.2) is 0 Å². The molecule has 1 unspecified atom stereocenters. The van der Waals surface area contributed by atoms with Gasteiger partial charge in [-0.05, 0) is 6.42 Å². The summed E-state index contributed by atoms with van der Waals surface area (Å²) in [5.41, 5.74) is 0. The molecule has 1 N–H and O–H groups in total. The second-order valence-electron chi connectivity index (χ2n) is 2.89. The number of ether oxygens (including phenoxy) is 2. The van der Waals surface area contributed by atoms with Crippen LogP contribution in [-0.2, 0) is 19.1 Å². The van der Waals surface area contributed by atoms with E-state index in [0.29, 0.717) is 19.4 Å². The third kappa shape index (κ3) is 3.42. The summed E-state index contributed by atoms with van der Waals surface area (Å²) in [6, 6.07) is -0.0552. The van der Waals surface area contributed by atoms with Crippen molar-refractivity contribution in [2.24, 2.45) is 0 Å². The van der Waals surface area contributed by atoms with Crippen molar-refractivity contribution < 1.29 is 19.1 Å². The van der Waals surface area contributed by atoms with Crippen LogP contribution in [-0.4, -0.2) is 38.2 Å². The van der Waals surface area contributed by atoms with Gasteiger partial charge in [0.2, 0.25) is 5.91 Å². The van der Waals surface area contributed by atoms with E-state index in [9.17, 15) is 9.59 Å². The Hall–Kier alpha value is -1.10. The Labute approximate surface area is 76.4 Å². The molecule has 1 saturated heterocycles. The Morgan fingerprint density at radius 3 is 3.15 bits per heavy atom. The van der Waals surface area contributed by atoms with Gasteiger partial charge in [-0.25, -0.2) is 0 Å². The van der Waals surface area contributed by atoms with Crippen molar-refractivity contribution in [2.45, 2.75) is 18.9 Å². The van der Waals surface area contributed by atoms with E-state index in [1.807, 2.05) is 0 Å². The zero-order valence-electron chi connectivity index (χ0n) is 7.54.